The van der Waals surface area contributed by atoms with Crippen LogP contribution in [0.15, 0.2) is 18.2 Å². The minimum Gasteiger partial charge on any atom is -0.407 e. The Morgan fingerprint density at radius 3 is 2.62 bits per heavy atom. The van der Waals surface area contributed by atoms with Gasteiger partial charge in [0, 0.05) is 19.9 Å². The highest BCUT2D eigenvalue weighted by Gasteiger charge is 2.35. The van der Waals surface area contributed by atoms with Crippen molar-refractivity contribution in [2.24, 2.45) is 5.92 Å². The molecule has 1 atom stereocenters. The number of amides is 3. The molecule has 1 aliphatic heterocycles. The minimum absolute atomic E-state index is 0.194. The zero-order valence-corrected chi connectivity index (χ0v) is 14.8. The highest BCUT2D eigenvalue weighted by molar-refractivity contribution is 5.98. The fourth-order valence-corrected chi connectivity index (χ4v) is 3.32. The largest absolute Gasteiger partial charge is 0.412 e. The highest BCUT2D eigenvalue weighted by Crippen LogP contribution is 2.39. The van der Waals surface area contributed by atoms with Crippen LogP contribution in [0.3, 0.4) is 0 Å². The molecule has 3 rings (SSSR count). The molecule has 1 unspecified atom stereocenters. The van der Waals surface area contributed by atoms with E-state index in [1.807, 2.05) is 0 Å². The maximum Gasteiger partial charge on any atom is 0.412 e. The summed E-state index contributed by atoms with van der Waals surface area (Å²) in [5.74, 6) is -0.639. The number of hydrogen-bond acceptors (Lipinski definition) is 4. The summed E-state index contributed by atoms with van der Waals surface area (Å²) in [5, 5.41) is 2.27. The van der Waals surface area contributed by atoms with Gasteiger partial charge in [0.05, 0.1) is 6.04 Å². The molecule has 1 aromatic carbocycles. The predicted octanol–water partition coefficient (Wildman–Crippen LogP) is 3.31. The fraction of sp³-hybridized carbons (Fsp3) is 0.526. The lowest BCUT2D eigenvalue weighted by Crippen LogP contribution is -2.42. The molecule has 3 amide bonds. The van der Waals surface area contributed by atoms with E-state index in [0.717, 1.165) is 6.42 Å². The number of nitrogens with one attached hydrogen (secondary N) is 1. The molecule has 1 aliphatic carbocycles. The second-order valence-corrected chi connectivity index (χ2v) is 6.88. The van der Waals surface area contributed by atoms with E-state index in [1.54, 1.807) is 6.07 Å². The van der Waals surface area contributed by atoms with Gasteiger partial charge in [0.1, 0.15) is 0 Å². The lowest BCUT2D eigenvalue weighted by atomic mass is 9.95. The summed E-state index contributed by atoms with van der Waals surface area (Å²) in [6.07, 6.45) is 4.35. The fourth-order valence-electron chi connectivity index (χ4n) is 3.32. The van der Waals surface area contributed by atoms with Crippen LogP contribution in [0.1, 0.15) is 56.6 Å². The Morgan fingerprint density at radius 2 is 2.00 bits per heavy atom. The molecule has 0 spiro atoms. The minimum atomic E-state index is -0.777. The second-order valence-electron chi connectivity index (χ2n) is 6.88. The number of nitrogens with zero attached hydrogens (tertiary/aromatic N) is 1. The SMILES string of the molecule is CNC(=O)Oc1cc(C(CCC2CC2)N2C(=O)CCCC2=O)ccc1F. The van der Waals surface area contributed by atoms with Crippen molar-refractivity contribution in [1.82, 2.24) is 10.2 Å². The van der Waals surface area contributed by atoms with Gasteiger partial charge >= 0.3 is 6.09 Å². The van der Waals surface area contributed by atoms with Crippen molar-refractivity contribution in [2.75, 3.05) is 7.05 Å². The van der Waals surface area contributed by atoms with Crippen molar-refractivity contribution >= 4 is 17.9 Å². The summed E-state index contributed by atoms with van der Waals surface area (Å²) in [7, 11) is 1.38. The molecule has 0 aromatic heterocycles. The predicted molar refractivity (Wildman–Crippen MR) is 91.9 cm³/mol. The van der Waals surface area contributed by atoms with Gasteiger partial charge in [-0.2, -0.15) is 0 Å². The van der Waals surface area contributed by atoms with Gasteiger partial charge in [0.15, 0.2) is 11.6 Å². The van der Waals surface area contributed by atoms with Crippen LogP contribution in [0.5, 0.6) is 5.75 Å². The first kappa shape index (κ1) is 18.4. The number of ether oxygens (including phenoxy) is 1. The molecule has 0 bridgehead atoms. The summed E-state index contributed by atoms with van der Waals surface area (Å²) >= 11 is 0. The summed E-state index contributed by atoms with van der Waals surface area (Å²) in [5.41, 5.74) is 0.606. The van der Waals surface area contributed by atoms with Crippen molar-refractivity contribution < 1.29 is 23.5 Å². The van der Waals surface area contributed by atoms with Gasteiger partial charge < -0.3 is 10.1 Å². The van der Waals surface area contributed by atoms with Gasteiger partial charge in [-0.05, 0) is 42.9 Å². The van der Waals surface area contributed by atoms with Crippen molar-refractivity contribution in [2.45, 2.75) is 51.0 Å². The first-order valence-electron chi connectivity index (χ1n) is 9.03. The average Bonchev–Trinajstić information content (AvgIpc) is 3.44. The monoisotopic (exact) mass is 362 g/mol. The number of imide groups is 1. The quantitative estimate of drug-likeness (QED) is 0.788. The van der Waals surface area contributed by atoms with Gasteiger partial charge in [-0.25, -0.2) is 9.18 Å². The van der Waals surface area contributed by atoms with Gasteiger partial charge in [0.25, 0.3) is 0 Å². The molecule has 0 radical (unpaired) electrons. The number of likely N-dealkylation sites (tertiary alicyclic amines) is 1. The molecule has 7 heteroatoms. The Morgan fingerprint density at radius 1 is 1.31 bits per heavy atom. The van der Waals surface area contributed by atoms with Gasteiger partial charge in [-0.1, -0.05) is 18.9 Å². The first-order valence-corrected chi connectivity index (χ1v) is 9.03. The van der Waals surface area contributed by atoms with Gasteiger partial charge in [-0.3, -0.25) is 14.5 Å². The zero-order chi connectivity index (χ0) is 18.7. The van der Waals surface area contributed by atoms with Crippen LogP contribution in [-0.2, 0) is 9.59 Å². The molecule has 1 heterocycles. The molecule has 2 fully saturated rings. The molecule has 6 nitrogen and oxygen atoms in total. The van der Waals surface area contributed by atoms with Crippen LogP contribution >= 0.6 is 0 Å². The van der Waals surface area contributed by atoms with E-state index in [4.69, 9.17) is 4.74 Å². The maximum absolute atomic E-state index is 14.0. The third-order valence-electron chi connectivity index (χ3n) is 4.92. The number of carbonyl (C=O) groups excluding carboxylic acids is 3. The molecule has 140 valence electrons. The second kappa shape index (κ2) is 7.85. The molecule has 2 aliphatic rings. The summed E-state index contributed by atoms with van der Waals surface area (Å²) in [4.78, 5) is 37.5. The van der Waals surface area contributed by atoms with Crippen molar-refractivity contribution in [3.8, 4) is 5.75 Å². The smallest absolute Gasteiger partial charge is 0.407 e. The number of piperidine rings is 1. The molecular formula is C19H23FN2O4. The number of carbonyl (C=O) groups is 3. The molecule has 1 saturated carbocycles. The molecule has 1 saturated heterocycles. The standard InChI is InChI=1S/C19H23FN2O4/c1-21-19(25)26-16-11-13(8-9-14(16)20)15(10-7-12-5-6-12)22-17(23)3-2-4-18(22)24/h8-9,11-12,15H,2-7,10H2,1H3,(H,21,25). The number of rotatable bonds is 6. The number of benzene rings is 1. The zero-order valence-electron chi connectivity index (χ0n) is 14.8. The lowest BCUT2D eigenvalue weighted by molar-refractivity contribution is -0.151. The average molecular weight is 362 g/mol. The van der Waals surface area contributed by atoms with Crippen molar-refractivity contribution in [3.05, 3.63) is 29.6 Å². The third kappa shape index (κ3) is 4.20. The molecular weight excluding hydrogens is 339 g/mol. The van der Waals surface area contributed by atoms with Crippen molar-refractivity contribution in [3.63, 3.8) is 0 Å². The Bertz CT molecular complexity index is 701. The topological polar surface area (TPSA) is 75.7 Å². The van der Waals surface area contributed by atoms with Crippen LogP contribution in [0.25, 0.3) is 0 Å². The van der Waals surface area contributed by atoms with E-state index in [0.29, 0.717) is 37.2 Å². The number of halogens is 1. The van der Waals surface area contributed by atoms with E-state index in [-0.39, 0.29) is 17.6 Å². The van der Waals surface area contributed by atoms with E-state index in [1.165, 1.54) is 36.9 Å². The van der Waals surface area contributed by atoms with Crippen LogP contribution < -0.4 is 10.1 Å². The Kier molecular flexibility index (Phi) is 5.54. The summed E-state index contributed by atoms with van der Waals surface area (Å²) < 4.78 is 18.9. The molecule has 1 aromatic rings. The highest BCUT2D eigenvalue weighted by atomic mass is 19.1. The van der Waals surface area contributed by atoms with Crippen molar-refractivity contribution in [1.29, 1.82) is 0 Å². The van der Waals surface area contributed by atoms with Crippen LogP contribution in [0.2, 0.25) is 0 Å². The van der Waals surface area contributed by atoms with E-state index >= 15 is 0 Å². The molecule has 26 heavy (non-hydrogen) atoms. The summed E-state index contributed by atoms with van der Waals surface area (Å²) in [6, 6.07) is 3.72. The third-order valence-corrected chi connectivity index (χ3v) is 4.92. The Labute approximate surface area is 151 Å². The Balaban J connectivity index is 1.89. The van der Waals surface area contributed by atoms with Crippen LogP contribution in [0.4, 0.5) is 9.18 Å². The van der Waals surface area contributed by atoms with Gasteiger partial charge in [0.2, 0.25) is 11.8 Å². The lowest BCUT2D eigenvalue weighted by Gasteiger charge is -2.33. The van der Waals surface area contributed by atoms with E-state index in [9.17, 15) is 18.8 Å². The van der Waals surface area contributed by atoms with Crippen LogP contribution in [0, 0.1) is 11.7 Å². The molecule has 1 N–H and O–H groups in total. The first-order chi connectivity index (χ1) is 12.5. The van der Waals surface area contributed by atoms with E-state index < -0.39 is 18.0 Å². The number of hydrogen-bond donors (Lipinski definition) is 1. The normalized spacial score (nSPS) is 18.6. The van der Waals surface area contributed by atoms with Crippen LogP contribution in [-0.4, -0.2) is 29.9 Å². The summed E-state index contributed by atoms with van der Waals surface area (Å²) in [6.45, 7) is 0. The van der Waals surface area contributed by atoms with E-state index in [2.05, 4.69) is 5.32 Å². The Hall–Kier alpha value is -2.44. The van der Waals surface area contributed by atoms with Gasteiger partial charge in [-0.15, -0.1) is 0 Å². The maximum atomic E-state index is 14.0.